The molecule has 0 aliphatic heterocycles. The molecule has 0 saturated heterocycles. The summed E-state index contributed by atoms with van der Waals surface area (Å²) in [6.07, 6.45) is 0. The fourth-order valence-electron chi connectivity index (χ4n) is 2.85. The monoisotopic (exact) mass is 466 g/mol. The number of hydrogen-bond donors (Lipinski definition) is 1. The van der Waals surface area contributed by atoms with Crippen LogP contribution in [-0.4, -0.2) is 34.6 Å². The molecule has 1 N–H and O–H groups in total. The topological polar surface area (TPSA) is 49.4 Å². The molecule has 0 saturated carbocycles. The van der Waals surface area contributed by atoms with Gasteiger partial charge >= 0.3 is 0 Å². The zero-order valence-electron chi connectivity index (χ0n) is 17.7. The smallest absolute Gasteiger partial charge is 0.242 e. The van der Waals surface area contributed by atoms with Crippen molar-refractivity contribution < 1.29 is 9.59 Å². The van der Waals surface area contributed by atoms with E-state index in [2.05, 4.69) is 5.32 Å². The van der Waals surface area contributed by atoms with Crippen LogP contribution in [0.5, 0.6) is 0 Å². The van der Waals surface area contributed by atoms with Crippen molar-refractivity contribution in [3.8, 4) is 0 Å². The Hall–Kier alpha value is -1.69. The van der Waals surface area contributed by atoms with Gasteiger partial charge in [-0.25, -0.2) is 0 Å². The minimum Gasteiger partial charge on any atom is -0.352 e. The first-order valence-electron chi connectivity index (χ1n) is 9.84. The normalized spacial score (nSPS) is 12.0. The lowest BCUT2D eigenvalue weighted by molar-refractivity contribution is -0.138. The number of nitrogens with zero attached hydrogens (tertiary/aromatic N) is 1. The molecule has 0 fully saturated rings. The van der Waals surface area contributed by atoms with Crippen molar-refractivity contribution in [2.24, 2.45) is 0 Å². The Kier molecular flexibility index (Phi) is 9.53. The second-order valence-electron chi connectivity index (χ2n) is 7.58. The van der Waals surface area contributed by atoms with E-state index in [0.717, 1.165) is 16.7 Å². The predicted octanol–water partition coefficient (Wildman–Crippen LogP) is 5.48. The highest BCUT2D eigenvalue weighted by Gasteiger charge is 2.26. The molecule has 0 aliphatic rings. The summed E-state index contributed by atoms with van der Waals surface area (Å²) in [7, 11) is 0. The third-order valence-corrected chi connectivity index (χ3v) is 6.12. The average molecular weight is 467 g/mol. The number of benzene rings is 2. The van der Waals surface area contributed by atoms with Gasteiger partial charge in [0.2, 0.25) is 11.8 Å². The van der Waals surface area contributed by atoms with Crippen LogP contribution in [0.1, 0.15) is 37.5 Å². The molecule has 1 atom stereocenters. The Labute approximate surface area is 193 Å². The predicted molar refractivity (Wildman–Crippen MR) is 127 cm³/mol. The van der Waals surface area contributed by atoms with E-state index in [1.807, 2.05) is 51.1 Å². The molecular weight excluding hydrogens is 439 g/mol. The molecule has 0 bridgehead atoms. The van der Waals surface area contributed by atoms with Crippen LogP contribution in [0.4, 0.5) is 0 Å². The first kappa shape index (κ1) is 24.6. The Bertz CT molecular complexity index is 872. The molecule has 162 valence electrons. The second-order valence-corrected chi connectivity index (χ2v) is 9.40. The van der Waals surface area contributed by atoms with E-state index < -0.39 is 6.04 Å². The van der Waals surface area contributed by atoms with Crippen LogP contribution in [0.2, 0.25) is 10.0 Å². The quantitative estimate of drug-likeness (QED) is 0.532. The molecule has 0 heterocycles. The third kappa shape index (κ3) is 7.53. The Morgan fingerprint density at radius 3 is 2.33 bits per heavy atom. The van der Waals surface area contributed by atoms with Crippen LogP contribution < -0.4 is 5.32 Å². The highest BCUT2D eigenvalue weighted by Crippen LogP contribution is 2.25. The summed E-state index contributed by atoms with van der Waals surface area (Å²) in [5, 5.41) is 4.07. The first-order valence-corrected chi connectivity index (χ1v) is 11.8. The van der Waals surface area contributed by atoms with Crippen LogP contribution in [-0.2, 0) is 21.9 Å². The number of halogens is 2. The van der Waals surface area contributed by atoms with Gasteiger partial charge in [-0.3, -0.25) is 9.59 Å². The van der Waals surface area contributed by atoms with E-state index in [1.54, 1.807) is 24.0 Å². The highest BCUT2D eigenvalue weighted by atomic mass is 35.5. The van der Waals surface area contributed by atoms with Gasteiger partial charge < -0.3 is 10.2 Å². The maximum atomic E-state index is 13.0. The number of aryl methyl sites for hydroxylation is 1. The summed E-state index contributed by atoms with van der Waals surface area (Å²) < 4.78 is 0. The summed E-state index contributed by atoms with van der Waals surface area (Å²) in [6.45, 7) is 7.98. The lowest BCUT2D eigenvalue weighted by Gasteiger charge is -2.29. The van der Waals surface area contributed by atoms with E-state index in [9.17, 15) is 9.59 Å². The molecule has 0 unspecified atom stereocenters. The van der Waals surface area contributed by atoms with Crippen molar-refractivity contribution in [3.05, 3.63) is 69.2 Å². The fraction of sp³-hybridized carbons (Fsp3) is 0.391. The van der Waals surface area contributed by atoms with E-state index in [1.165, 1.54) is 11.8 Å². The lowest BCUT2D eigenvalue weighted by atomic mass is 10.1. The zero-order chi connectivity index (χ0) is 22.3. The highest BCUT2D eigenvalue weighted by molar-refractivity contribution is 7.99. The fourth-order valence-corrected chi connectivity index (χ4v) is 4.32. The number of hydrogen-bond acceptors (Lipinski definition) is 3. The van der Waals surface area contributed by atoms with E-state index in [0.29, 0.717) is 22.3 Å². The van der Waals surface area contributed by atoms with Gasteiger partial charge in [-0.15, -0.1) is 11.8 Å². The summed E-state index contributed by atoms with van der Waals surface area (Å²) in [4.78, 5) is 27.3. The number of rotatable bonds is 9. The standard InChI is InChI=1S/C23H28Cl2N2O2S/c1-15(2)26-23(29)17(4)27(12-18-7-5-16(3)6-8-18)22(28)14-30-13-19-9-10-20(24)11-21(19)25/h5-11,15,17H,12-14H2,1-4H3,(H,26,29)/t17-/m1/s1. The number of amides is 2. The van der Waals surface area contributed by atoms with Crippen LogP contribution in [0, 0.1) is 6.92 Å². The van der Waals surface area contributed by atoms with Crippen molar-refractivity contribution >= 4 is 46.8 Å². The lowest BCUT2D eigenvalue weighted by Crippen LogP contribution is -2.49. The Morgan fingerprint density at radius 1 is 1.07 bits per heavy atom. The summed E-state index contributed by atoms with van der Waals surface area (Å²) >= 11 is 13.6. The molecule has 0 aromatic heterocycles. The largest absolute Gasteiger partial charge is 0.352 e. The van der Waals surface area contributed by atoms with Crippen molar-refractivity contribution in [1.82, 2.24) is 10.2 Å². The van der Waals surface area contributed by atoms with E-state index in [4.69, 9.17) is 23.2 Å². The van der Waals surface area contributed by atoms with Gasteiger partial charge in [0, 0.05) is 28.4 Å². The van der Waals surface area contributed by atoms with Gasteiger partial charge in [-0.1, -0.05) is 59.1 Å². The molecule has 0 spiro atoms. The molecule has 4 nitrogen and oxygen atoms in total. The van der Waals surface area contributed by atoms with E-state index in [-0.39, 0.29) is 23.6 Å². The van der Waals surface area contributed by atoms with Crippen LogP contribution in [0.15, 0.2) is 42.5 Å². The van der Waals surface area contributed by atoms with Crippen molar-refractivity contribution in [3.63, 3.8) is 0 Å². The summed E-state index contributed by atoms with van der Waals surface area (Å²) in [6, 6.07) is 12.8. The molecule has 0 radical (unpaired) electrons. The van der Waals surface area contributed by atoms with Crippen molar-refractivity contribution in [2.75, 3.05) is 5.75 Å². The van der Waals surface area contributed by atoms with Gasteiger partial charge in [0.15, 0.2) is 0 Å². The molecular formula is C23H28Cl2N2O2S. The molecule has 30 heavy (non-hydrogen) atoms. The van der Waals surface area contributed by atoms with Crippen LogP contribution >= 0.6 is 35.0 Å². The molecule has 2 aromatic carbocycles. The van der Waals surface area contributed by atoms with Gasteiger partial charge in [0.25, 0.3) is 0 Å². The molecule has 2 aromatic rings. The maximum Gasteiger partial charge on any atom is 0.242 e. The second kappa shape index (κ2) is 11.6. The molecule has 2 rings (SSSR count). The Balaban J connectivity index is 2.08. The number of thioether (sulfide) groups is 1. The van der Waals surface area contributed by atoms with Gasteiger partial charge in [0.05, 0.1) is 5.75 Å². The minimum absolute atomic E-state index is 0.0118. The third-order valence-electron chi connectivity index (χ3n) is 4.57. The van der Waals surface area contributed by atoms with Gasteiger partial charge in [-0.2, -0.15) is 0 Å². The van der Waals surface area contributed by atoms with Crippen LogP contribution in [0.3, 0.4) is 0 Å². The van der Waals surface area contributed by atoms with Gasteiger partial charge in [-0.05, 0) is 51.0 Å². The molecule has 0 aliphatic carbocycles. The van der Waals surface area contributed by atoms with Crippen molar-refractivity contribution in [2.45, 2.75) is 52.1 Å². The van der Waals surface area contributed by atoms with Crippen LogP contribution in [0.25, 0.3) is 0 Å². The molecule has 7 heteroatoms. The average Bonchev–Trinajstić information content (AvgIpc) is 2.68. The van der Waals surface area contributed by atoms with E-state index >= 15 is 0 Å². The maximum absolute atomic E-state index is 13.0. The summed E-state index contributed by atoms with van der Waals surface area (Å²) in [5.74, 6) is 0.602. The minimum atomic E-state index is -0.569. The number of nitrogens with one attached hydrogen (secondary N) is 1. The SMILES string of the molecule is Cc1ccc(CN(C(=O)CSCc2ccc(Cl)cc2Cl)[C@H](C)C(=O)NC(C)C)cc1. The zero-order valence-corrected chi connectivity index (χ0v) is 20.1. The number of carbonyl (C=O) groups is 2. The first-order chi connectivity index (χ1) is 14.2. The van der Waals surface area contributed by atoms with Crippen molar-refractivity contribution in [1.29, 1.82) is 0 Å². The van der Waals surface area contributed by atoms with Gasteiger partial charge in [0.1, 0.15) is 6.04 Å². The molecule has 2 amide bonds. The summed E-state index contributed by atoms with van der Waals surface area (Å²) in [5.41, 5.74) is 3.07. The Morgan fingerprint density at radius 2 is 1.73 bits per heavy atom. The number of carbonyl (C=O) groups excluding carboxylic acids is 2.